The van der Waals surface area contributed by atoms with Crippen LogP contribution < -0.4 is 36.9 Å². The second kappa shape index (κ2) is 31.2. The van der Waals surface area contributed by atoms with Crippen molar-refractivity contribution < 1.29 is 93.3 Å². The van der Waals surface area contributed by atoms with Crippen molar-refractivity contribution in [3.63, 3.8) is 0 Å². The number of carbonyl (C=O) groups excluding carboxylic acids is 3. The summed E-state index contributed by atoms with van der Waals surface area (Å²) in [6, 6.07) is 19.2. The van der Waals surface area contributed by atoms with Crippen molar-refractivity contribution in [2.75, 3.05) is 76.6 Å². The number of para-hydroxylation sites is 2. The molecule has 9 N–H and O–H groups in total. The lowest BCUT2D eigenvalue weighted by Gasteiger charge is -2.47. The molecule has 4 aromatic heterocycles. The van der Waals surface area contributed by atoms with Crippen molar-refractivity contribution in [1.29, 1.82) is 0 Å². The minimum atomic E-state index is -5.83. The molecule has 2 aliphatic heterocycles. The molecule has 9 rings (SSSR count). The van der Waals surface area contributed by atoms with Crippen LogP contribution in [-0.2, 0) is 55.4 Å². The summed E-state index contributed by atoms with van der Waals surface area (Å²) >= 11 is 0. The lowest BCUT2D eigenvalue weighted by molar-refractivity contribution is -0.126. The molecule has 36 nitrogen and oxygen atoms in total. The summed E-state index contributed by atoms with van der Waals surface area (Å²) in [6.07, 6.45) is -0.287. The van der Waals surface area contributed by atoms with Crippen LogP contribution in [0.25, 0.3) is 65.4 Å². The topological polar surface area (TPSA) is 507 Å². The summed E-state index contributed by atoms with van der Waals surface area (Å²) in [4.78, 5) is 110. The number of aromatic nitrogens is 4. The Morgan fingerprint density at radius 1 is 0.937 bits per heavy atom. The van der Waals surface area contributed by atoms with E-state index in [2.05, 4.69) is 103 Å². The zero-order chi connectivity index (χ0) is 68.1. The maximum atomic E-state index is 13.3. The number of nitrogen functional groups attached to an aromatic ring is 1. The first-order valence-electron chi connectivity index (χ1n) is 29.0. The number of nitrogens with zero attached hydrogens (tertiary/aromatic N) is 11. The van der Waals surface area contributed by atoms with E-state index in [-0.39, 0.29) is 115 Å². The number of carbonyl (C=O) groups is 3. The Kier molecular flexibility index (Phi) is 23.1. The van der Waals surface area contributed by atoms with E-state index in [9.17, 15) is 48.2 Å². The van der Waals surface area contributed by atoms with Gasteiger partial charge in [-0.1, -0.05) is 47.2 Å². The Morgan fingerprint density at radius 2 is 1.74 bits per heavy atom. The number of hydrogen-bond acceptors (Lipinski definition) is 24. The van der Waals surface area contributed by atoms with Crippen LogP contribution >= 0.6 is 23.5 Å². The van der Waals surface area contributed by atoms with Gasteiger partial charge in [-0.15, -0.1) is 0 Å². The second-order valence-electron chi connectivity index (χ2n) is 21.9. The van der Waals surface area contributed by atoms with Gasteiger partial charge in [-0.25, -0.2) is 33.4 Å². The Morgan fingerprint density at radius 3 is 2.52 bits per heavy atom. The minimum Gasteiger partial charge on any atom is -0.491 e. The van der Waals surface area contributed by atoms with Gasteiger partial charge in [0.15, 0.2) is 11.8 Å². The van der Waals surface area contributed by atoms with Gasteiger partial charge < -0.3 is 83.2 Å². The number of anilines is 2. The molecular formula is C56H64N15O21P3. The number of phosphoric acid groups is 3. The zero-order valence-electron chi connectivity index (χ0n) is 50.9. The van der Waals surface area contributed by atoms with E-state index in [0.717, 1.165) is 29.4 Å². The number of fused-ring (bicyclic) bond motifs is 4. The molecule has 7 unspecified atom stereocenters. The number of rotatable bonds is 31. The molecule has 7 aromatic rings. The molecule has 0 bridgehead atoms. The highest BCUT2D eigenvalue weighted by Gasteiger charge is 2.44. The third-order valence-electron chi connectivity index (χ3n) is 14.7. The number of azide groups is 2. The fraction of sp³-hybridized carbons (Fsp3) is 0.411. The van der Waals surface area contributed by atoms with Gasteiger partial charge in [0.05, 0.1) is 43.4 Å². The number of oxazole rings is 1. The number of nitrogens with one attached hydrogen (secondary N) is 3. The highest BCUT2D eigenvalue weighted by Crippen LogP contribution is 2.66. The van der Waals surface area contributed by atoms with Crippen molar-refractivity contribution >= 4 is 85.8 Å². The molecule has 0 aliphatic carbocycles. The van der Waals surface area contributed by atoms with Crippen LogP contribution in [0.5, 0.6) is 5.75 Å². The van der Waals surface area contributed by atoms with Crippen molar-refractivity contribution in [2.45, 2.75) is 82.6 Å². The van der Waals surface area contributed by atoms with Gasteiger partial charge in [0, 0.05) is 76.7 Å². The van der Waals surface area contributed by atoms with Crippen LogP contribution in [0, 0.1) is 11.8 Å². The normalized spacial score (nSPS) is 18.3. The number of nitrogens with two attached hydrogens (primary N) is 1. The summed E-state index contributed by atoms with van der Waals surface area (Å²) in [7, 11) is -17.0. The van der Waals surface area contributed by atoms with Crippen molar-refractivity contribution in [1.82, 2.24) is 35.5 Å². The summed E-state index contributed by atoms with van der Waals surface area (Å²) in [5.74, 6) is 5.14. The molecular weight excluding hydrogens is 1310 g/mol. The molecule has 39 heteroatoms. The second-order valence-corrected chi connectivity index (χ2v) is 26.3. The summed E-state index contributed by atoms with van der Waals surface area (Å²) in [5.41, 5.74) is 27.9. The Labute approximate surface area is 538 Å². The molecule has 3 amide bonds. The predicted molar refractivity (Wildman–Crippen MR) is 335 cm³/mol. The van der Waals surface area contributed by atoms with Crippen LogP contribution in [0.3, 0.4) is 0 Å². The first-order chi connectivity index (χ1) is 45.3. The third kappa shape index (κ3) is 19.0. The standard InChI is InChI=1S/C56H64N15O21P3/c1-33-26-56(2,3)71(41-24-43-36(22-38(33)41)23-39(55(75)90-43)54-66-40-12-4-5-13-42(40)89-54)18-8-14-46(72)61-16-17-62-53(74)34-9-6-11-37(21-34)85-30-48(67-69-59)84-20-19-83-29-47(73)60-15-7-10-35-27-70(52-50(35)51(57)63-31-64-52)49-25-44(86-32-65-68-58)45(88-49)28-87-94(79,80)92-95(81,82)91-93(76,77)78/h4-6,9,11-13,21-24,27,31,33,44-45,48-49H,8,14-20,25-26,28-30,32H2,1-3H3,(H,60,73)(H,61,72)(H,62,74)(H,79,80)(H,81,82)(H2,57,63,64)(H2,76,77,78). The van der Waals surface area contributed by atoms with Gasteiger partial charge in [-0.2, -0.15) is 8.62 Å². The Balaban J connectivity index is 0.676. The molecule has 95 heavy (non-hydrogen) atoms. The van der Waals surface area contributed by atoms with E-state index in [1.807, 2.05) is 24.3 Å². The van der Waals surface area contributed by atoms with Crippen molar-refractivity contribution in [3.8, 4) is 29.0 Å². The highest BCUT2D eigenvalue weighted by molar-refractivity contribution is 7.66. The molecule has 0 saturated carbocycles. The van der Waals surface area contributed by atoms with Gasteiger partial charge >= 0.3 is 29.1 Å². The third-order valence-corrected chi connectivity index (χ3v) is 18.5. The highest BCUT2D eigenvalue weighted by atomic mass is 31.3. The molecule has 0 spiro atoms. The molecule has 3 aromatic carbocycles. The number of phosphoric ester groups is 1. The van der Waals surface area contributed by atoms with Gasteiger partial charge in [0.1, 0.15) is 72.5 Å². The molecule has 1 fully saturated rings. The molecule has 504 valence electrons. The van der Waals surface area contributed by atoms with E-state index < -0.39 is 85.5 Å². The van der Waals surface area contributed by atoms with E-state index in [4.69, 9.17) is 58.1 Å². The number of ether oxygens (including phenoxy) is 5. The van der Waals surface area contributed by atoms with Crippen LogP contribution in [-0.4, -0.2) is 147 Å². The van der Waals surface area contributed by atoms with Gasteiger partial charge in [0.25, 0.3) is 5.91 Å². The minimum absolute atomic E-state index is 0.00575. The molecule has 7 atom stereocenters. The van der Waals surface area contributed by atoms with Crippen molar-refractivity contribution in [3.05, 3.63) is 127 Å². The predicted octanol–water partition coefficient (Wildman–Crippen LogP) is 6.85. The summed E-state index contributed by atoms with van der Waals surface area (Å²) < 4.78 is 89.2. The Bertz CT molecular complexity index is 4340. The van der Waals surface area contributed by atoms with Crippen LogP contribution in [0.1, 0.15) is 80.1 Å². The van der Waals surface area contributed by atoms with Gasteiger partial charge in [-0.3, -0.25) is 18.9 Å². The first-order valence-corrected chi connectivity index (χ1v) is 33.5. The van der Waals surface area contributed by atoms with E-state index in [1.54, 1.807) is 30.3 Å². The van der Waals surface area contributed by atoms with Crippen LogP contribution in [0.4, 0.5) is 11.5 Å². The van der Waals surface area contributed by atoms with E-state index >= 15 is 0 Å². The van der Waals surface area contributed by atoms with Gasteiger partial charge in [0.2, 0.25) is 17.7 Å². The average Bonchev–Trinajstić information content (AvgIpc) is 1.53. The fourth-order valence-corrected chi connectivity index (χ4v) is 13.7. The lowest BCUT2D eigenvalue weighted by Crippen LogP contribution is -2.49. The number of benzene rings is 3. The SMILES string of the molecule is CC1CC(C)(C)N(CCCC(=O)NCCNC(=O)c2cccc(OCC(N=[N+]=[N-])OCCOCC(=O)NCC#Cc3cn(C4CC(OCN=[N+]=[N-])C(COP(=O)(O)OP(=O)(O)OP(=O)(O)O)O4)c4ncnc(N)c34)c2)c2cc3oc(=O)c(-c4nc5ccccc5o4)cc3cc21. The average molecular weight is 1380 g/mol. The molecule has 0 radical (unpaired) electrons. The number of hydrogen-bond donors (Lipinski definition) is 8. The summed E-state index contributed by atoms with van der Waals surface area (Å²) in [5, 5.41) is 16.1. The summed E-state index contributed by atoms with van der Waals surface area (Å²) in [6.45, 7) is 4.85. The molecule has 2 aliphatic rings. The Hall–Kier alpha value is -8.80. The monoisotopic (exact) mass is 1380 g/mol. The lowest BCUT2D eigenvalue weighted by atomic mass is 9.79. The smallest absolute Gasteiger partial charge is 0.490 e. The zero-order valence-corrected chi connectivity index (χ0v) is 53.5. The van der Waals surface area contributed by atoms with E-state index in [0.29, 0.717) is 29.6 Å². The molecule has 6 heterocycles. The van der Waals surface area contributed by atoms with Crippen LogP contribution in [0.15, 0.2) is 103 Å². The maximum absolute atomic E-state index is 13.3. The van der Waals surface area contributed by atoms with E-state index in [1.165, 1.54) is 16.8 Å². The quantitative estimate of drug-likeness (QED) is 0.00419. The van der Waals surface area contributed by atoms with Crippen molar-refractivity contribution in [2.24, 2.45) is 10.2 Å². The van der Waals surface area contributed by atoms with Gasteiger partial charge in [-0.05, 0) is 91.7 Å². The number of amides is 3. The largest absolute Gasteiger partial charge is 0.491 e. The fourth-order valence-electron chi connectivity index (χ4n) is 10.7. The molecule has 1 saturated heterocycles. The van der Waals surface area contributed by atoms with Crippen LogP contribution in [0.2, 0.25) is 0 Å². The maximum Gasteiger partial charge on any atom is 0.490 e. The first kappa shape index (κ1) is 70.5.